The zero-order valence-corrected chi connectivity index (χ0v) is 12.2. The smallest absolute Gasteiger partial charge is 0.227 e. The summed E-state index contributed by atoms with van der Waals surface area (Å²) < 4.78 is 5.81. The third-order valence-electron chi connectivity index (χ3n) is 4.10. The van der Waals surface area contributed by atoms with E-state index in [2.05, 4.69) is 6.92 Å². The average molecular weight is 264 g/mol. The number of carbonyl (C=O) groups is 1. The molecule has 0 aromatic carbocycles. The number of hydrogen-bond acceptors (Lipinski definition) is 3. The lowest BCUT2D eigenvalue weighted by Crippen LogP contribution is -2.39. The Hall–Kier alpha value is -1.29. The van der Waals surface area contributed by atoms with Gasteiger partial charge in [0.1, 0.15) is 11.5 Å². The Morgan fingerprint density at radius 2 is 2.16 bits per heavy atom. The van der Waals surface area contributed by atoms with E-state index in [1.807, 2.05) is 26.0 Å². The minimum atomic E-state index is -0.164. The standard InChI is InChI=1S/C15H24N2O2/c1-9-7-13(9)14-6-5-12(19-14)8-17(4)15(18)10(2)11(3)16/h5-6,9-11,13H,7-8,16H2,1-4H3. The molecule has 19 heavy (non-hydrogen) atoms. The van der Waals surface area contributed by atoms with E-state index in [0.29, 0.717) is 12.5 Å². The zero-order chi connectivity index (χ0) is 14.2. The molecule has 1 heterocycles. The molecule has 4 unspecified atom stereocenters. The number of hydrogen-bond donors (Lipinski definition) is 1. The Morgan fingerprint density at radius 3 is 2.68 bits per heavy atom. The van der Waals surface area contributed by atoms with E-state index < -0.39 is 0 Å². The van der Waals surface area contributed by atoms with Crippen LogP contribution in [-0.2, 0) is 11.3 Å². The van der Waals surface area contributed by atoms with Crippen molar-refractivity contribution < 1.29 is 9.21 Å². The van der Waals surface area contributed by atoms with Gasteiger partial charge in [-0.15, -0.1) is 0 Å². The Bertz CT molecular complexity index is 453. The first kappa shape index (κ1) is 14.1. The summed E-state index contributed by atoms with van der Waals surface area (Å²) in [6.45, 7) is 6.46. The maximum Gasteiger partial charge on any atom is 0.227 e. The maximum atomic E-state index is 12.1. The highest BCUT2D eigenvalue weighted by Crippen LogP contribution is 2.47. The van der Waals surface area contributed by atoms with Crippen molar-refractivity contribution in [3.63, 3.8) is 0 Å². The molecule has 2 rings (SSSR count). The van der Waals surface area contributed by atoms with Crippen LogP contribution in [0.3, 0.4) is 0 Å². The maximum absolute atomic E-state index is 12.1. The van der Waals surface area contributed by atoms with Gasteiger partial charge in [0.05, 0.1) is 12.5 Å². The predicted octanol–water partition coefficient (Wildman–Crippen LogP) is 2.34. The van der Waals surface area contributed by atoms with Gasteiger partial charge in [0.25, 0.3) is 0 Å². The van der Waals surface area contributed by atoms with Gasteiger partial charge in [0.15, 0.2) is 0 Å². The van der Waals surface area contributed by atoms with Gasteiger partial charge < -0.3 is 15.1 Å². The van der Waals surface area contributed by atoms with Crippen molar-refractivity contribution in [3.05, 3.63) is 23.7 Å². The van der Waals surface area contributed by atoms with Crippen molar-refractivity contribution in [1.82, 2.24) is 4.90 Å². The number of nitrogens with two attached hydrogens (primary N) is 1. The normalized spacial score (nSPS) is 24.9. The number of rotatable bonds is 5. The van der Waals surface area contributed by atoms with Gasteiger partial charge in [-0.2, -0.15) is 0 Å². The van der Waals surface area contributed by atoms with Crippen molar-refractivity contribution in [1.29, 1.82) is 0 Å². The second kappa shape index (κ2) is 5.37. The molecule has 2 N–H and O–H groups in total. The second-order valence-electron chi connectivity index (χ2n) is 5.97. The molecule has 1 aliphatic carbocycles. The summed E-state index contributed by atoms with van der Waals surface area (Å²) in [5.74, 6) is 3.12. The fourth-order valence-corrected chi connectivity index (χ4v) is 2.28. The van der Waals surface area contributed by atoms with Crippen LogP contribution in [0.2, 0.25) is 0 Å². The van der Waals surface area contributed by atoms with Crippen LogP contribution in [0.25, 0.3) is 0 Å². The molecule has 106 valence electrons. The third kappa shape index (κ3) is 3.18. The van der Waals surface area contributed by atoms with Gasteiger partial charge in [-0.25, -0.2) is 0 Å². The van der Waals surface area contributed by atoms with Crippen molar-refractivity contribution in [2.75, 3.05) is 7.05 Å². The van der Waals surface area contributed by atoms with Gasteiger partial charge >= 0.3 is 0 Å². The summed E-state index contributed by atoms with van der Waals surface area (Å²) in [7, 11) is 1.79. The SMILES string of the molecule is CC(N)C(C)C(=O)N(C)Cc1ccc(C2CC2C)o1. The van der Waals surface area contributed by atoms with Crippen LogP contribution in [0.15, 0.2) is 16.5 Å². The van der Waals surface area contributed by atoms with Gasteiger partial charge in [0, 0.05) is 19.0 Å². The molecule has 4 atom stereocenters. The Morgan fingerprint density at radius 1 is 1.53 bits per heavy atom. The summed E-state index contributed by atoms with van der Waals surface area (Å²) in [5.41, 5.74) is 5.76. The highest BCUT2D eigenvalue weighted by atomic mass is 16.3. The molecule has 0 spiro atoms. The minimum Gasteiger partial charge on any atom is -0.464 e. The molecule has 0 saturated heterocycles. The fourth-order valence-electron chi connectivity index (χ4n) is 2.28. The second-order valence-corrected chi connectivity index (χ2v) is 5.97. The lowest BCUT2D eigenvalue weighted by atomic mass is 10.0. The molecule has 0 bridgehead atoms. The molecule has 0 radical (unpaired) electrons. The Balaban J connectivity index is 1.93. The van der Waals surface area contributed by atoms with E-state index in [1.54, 1.807) is 11.9 Å². The van der Waals surface area contributed by atoms with E-state index in [9.17, 15) is 4.79 Å². The summed E-state index contributed by atoms with van der Waals surface area (Å²) in [6.07, 6.45) is 1.21. The van der Waals surface area contributed by atoms with E-state index in [0.717, 1.165) is 17.4 Å². The molecule has 1 fully saturated rings. The molecular formula is C15H24N2O2. The van der Waals surface area contributed by atoms with Crippen LogP contribution in [0, 0.1) is 11.8 Å². The number of amides is 1. The Kier molecular flexibility index (Phi) is 3.99. The highest BCUT2D eigenvalue weighted by molar-refractivity contribution is 5.78. The van der Waals surface area contributed by atoms with Gasteiger partial charge in [-0.3, -0.25) is 4.79 Å². The first-order valence-electron chi connectivity index (χ1n) is 6.99. The number of furan rings is 1. The molecule has 1 amide bonds. The summed E-state index contributed by atoms with van der Waals surface area (Å²) in [6, 6.07) is 3.88. The van der Waals surface area contributed by atoms with Crippen LogP contribution in [-0.4, -0.2) is 23.9 Å². The van der Waals surface area contributed by atoms with Crippen LogP contribution in [0.1, 0.15) is 44.6 Å². The largest absolute Gasteiger partial charge is 0.464 e. The molecule has 1 saturated carbocycles. The van der Waals surface area contributed by atoms with Gasteiger partial charge in [-0.1, -0.05) is 13.8 Å². The van der Waals surface area contributed by atoms with E-state index in [4.69, 9.17) is 10.2 Å². The minimum absolute atomic E-state index is 0.0627. The van der Waals surface area contributed by atoms with Crippen molar-refractivity contribution in [3.8, 4) is 0 Å². The van der Waals surface area contributed by atoms with Crippen molar-refractivity contribution in [2.24, 2.45) is 17.6 Å². The molecule has 1 aliphatic rings. The first-order valence-corrected chi connectivity index (χ1v) is 6.99. The Labute approximate surface area is 114 Å². The molecular weight excluding hydrogens is 240 g/mol. The van der Waals surface area contributed by atoms with Crippen LogP contribution in [0.4, 0.5) is 0 Å². The highest BCUT2D eigenvalue weighted by Gasteiger charge is 2.36. The van der Waals surface area contributed by atoms with Gasteiger partial charge in [0.2, 0.25) is 5.91 Å². The average Bonchev–Trinajstić information content (AvgIpc) is 2.90. The van der Waals surface area contributed by atoms with Gasteiger partial charge in [-0.05, 0) is 31.4 Å². The van der Waals surface area contributed by atoms with E-state index >= 15 is 0 Å². The van der Waals surface area contributed by atoms with E-state index in [1.165, 1.54) is 6.42 Å². The zero-order valence-electron chi connectivity index (χ0n) is 12.2. The third-order valence-corrected chi connectivity index (χ3v) is 4.10. The van der Waals surface area contributed by atoms with Crippen molar-refractivity contribution in [2.45, 2.75) is 45.7 Å². The molecule has 0 aliphatic heterocycles. The predicted molar refractivity (Wildman–Crippen MR) is 74.5 cm³/mol. The molecule has 4 heteroatoms. The molecule has 1 aromatic rings. The van der Waals surface area contributed by atoms with Crippen LogP contribution in [0.5, 0.6) is 0 Å². The summed E-state index contributed by atoms with van der Waals surface area (Å²) in [5, 5.41) is 0. The number of nitrogens with zero attached hydrogens (tertiary/aromatic N) is 1. The summed E-state index contributed by atoms with van der Waals surface area (Å²) >= 11 is 0. The van der Waals surface area contributed by atoms with Crippen LogP contribution >= 0.6 is 0 Å². The first-order chi connectivity index (χ1) is 8.90. The molecule has 4 nitrogen and oxygen atoms in total. The number of carbonyl (C=O) groups excluding carboxylic acids is 1. The fraction of sp³-hybridized carbons (Fsp3) is 0.667. The lowest BCUT2D eigenvalue weighted by molar-refractivity contribution is -0.134. The van der Waals surface area contributed by atoms with E-state index in [-0.39, 0.29) is 17.9 Å². The lowest BCUT2D eigenvalue weighted by Gasteiger charge is -2.22. The topological polar surface area (TPSA) is 59.5 Å². The van der Waals surface area contributed by atoms with Crippen molar-refractivity contribution >= 4 is 5.91 Å². The molecule has 1 aromatic heterocycles. The summed E-state index contributed by atoms with van der Waals surface area (Å²) in [4.78, 5) is 13.8. The monoisotopic (exact) mass is 264 g/mol. The quantitative estimate of drug-likeness (QED) is 0.888. The van der Waals surface area contributed by atoms with Crippen LogP contribution < -0.4 is 5.73 Å².